The summed E-state index contributed by atoms with van der Waals surface area (Å²) in [7, 11) is 3.56. The molecule has 0 amide bonds. The van der Waals surface area contributed by atoms with Gasteiger partial charge in [0.1, 0.15) is 16.8 Å². The van der Waals surface area contributed by atoms with Gasteiger partial charge in [-0.2, -0.15) is 0 Å². The molecule has 0 saturated carbocycles. The molecule has 0 aliphatic rings. The predicted octanol–water partition coefficient (Wildman–Crippen LogP) is 3.84. The fourth-order valence-electron chi connectivity index (χ4n) is 3.40. The molecule has 3 heterocycles. The Morgan fingerprint density at radius 3 is 2.69 bits per heavy atom. The lowest BCUT2D eigenvalue weighted by molar-refractivity contribution is 0.415. The maximum absolute atomic E-state index is 11.7. The van der Waals surface area contributed by atoms with E-state index >= 15 is 0 Å². The Kier molecular flexibility index (Phi) is 2.97. The lowest BCUT2D eigenvalue weighted by atomic mass is 10.0. The summed E-state index contributed by atoms with van der Waals surface area (Å²) in [6.45, 7) is 0. The van der Waals surface area contributed by atoms with Gasteiger partial charge in [0.15, 0.2) is 16.7 Å². The number of pyridine rings is 1. The van der Waals surface area contributed by atoms with Gasteiger partial charge < -0.3 is 14.3 Å². The first-order valence-corrected chi connectivity index (χ1v) is 8.20. The highest BCUT2D eigenvalue weighted by atomic mass is 16.5. The van der Waals surface area contributed by atoms with Crippen LogP contribution in [0.15, 0.2) is 57.9 Å². The summed E-state index contributed by atoms with van der Waals surface area (Å²) in [5.41, 5.74) is 4.63. The van der Waals surface area contributed by atoms with E-state index in [0.717, 1.165) is 38.8 Å². The van der Waals surface area contributed by atoms with Crippen LogP contribution in [0.4, 0.5) is 0 Å². The number of hydrogen-bond acceptors (Lipinski definition) is 4. The van der Waals surface area contributed by atoms with E-state index in [-0.39, 0.29) is 5.43 Å². The number of aromatic amines is 1. The van der Waals surface area contributed by atoms with Gasteiger partial charge in [0.05, 0.1) is 7.11 Å². The zero-order valence-corrected chi connectivity index (χ0v) is 14.2. The molecule has 2 aromatic carbocycles. The van der Waals surface area contributed by atoms with Crippen LogP contribution in [0.25, 0.3) is 44.2 Å². The van der Waals surface area contributed by atoms with E-state index in [1.165, 1.54) is 12.1 Å². The highest BCUT2D eigenvalue weighted by Crippen LogP contribution is 2.39. The number of rotatable bonds is 2. The highest BCUT2D eigenvalue weighted by Gasteiger charge is 2.19. The van der Waals surface area contributed by atoms with Crippen molar-refractivity contribution < 1.29 is 9.15 Å². The van der Waals surface area contributed by atoms with E-state index in [0.29, 0.717) is 11.2 Å². The molecular formula is C20H15N3O3. The number of aromatic nitrogens is 3. The average Bonchev–Trinajstić information content (AvgIpc) is 3.20. The minimum atomic E-state index is -0.0829. The highest BCUT2D eigenvalue weighted by molar-refractivity contribution is 6.14. The molecule has 0 aliphatic heterocycles. The molecule has 0 radical (unpaired) electrons. The monoisotopic (exact) mass is 345 g/mol. The lowest BCUT2D eigenvalue weighted by Gasteiger charge is -2.06. The van der Waals surface area contributed by atoms with Crippen LogP contribution in [0.5, 0.6) is 5.75 Å². The third kappa shape index (κ3) is 1.99. The standard InChI is InChI=1S/C20H15N3O3/c1-23-20-15(10-21-23)17(11-3-6-13(25-2)7-4-11)19-18(22-20)14-8-5-12(24)9-16(14)26-19/h3-10,21H,1-2H3. The van der Waals surface area contributed by atoms with Crippen molar-refractivity contribution in [1.82, 2.24) is 14.8 Å². The first-order valence-electron chi connectivity index (χ1n) is 8.20. The van der Waals surface area contributed by atoms with Crippen molar-refractivity contribution in [3.63, 3.8) is 0 Å². The van der Waals surface area contributed by atoms with E-state index < -0.39 is 0 Å². The normalized spacial score (nSPS) is 11.6. The molecule has 6 nitrogen and oxygen atoms in total. The van der Waals surface area contributed by atoms with Crippen LogP contribution in [0.2, 0.25) is 0 Å². The molecule has 3 aromatic heterocycles. The molecule has 0 unspecified atom stereocenters. The molecular weight excluding hydrogens is 330 g/mol. The van der Waals surface area contributed by atoms with Crippen LogP contribution in [-0.4, -0.2) is 21.9 Å². The second kappa shape index (κ2) is 5.23. The third-order valence-corrected chi connectivity index (χ3v) is 4.69. The van der Waals surface area contributed by atoms with Crippen LogP contribution in [-0.2, 0) is 7.05 Å². The van der Waals surface area contributed by atoms with Gasteiger partial charge in [-0.05, 0) is 29.8 Å². The summed E-state index contributed by atoms with van der Waals surface area (Å²) >= 11 is 0. The number of nitrogens with one attached hydrogen (secondary N) is 1. The first kappa shape index (κ1) is 14.8. The van der Waals surface area contributed by atoms with Gasteiger partial charge in [0, 0.05) is 35.6 Å². The SMILES string of the molecule is COc1ccc(-c2c3c[nH]n(C)c3nc3c2oc2cc(=O)ccc23)cc1. The summed E-state index contributed by atoms with van der Waals surface area (Å²) in [6, 6.07) is 12.6. The molecule has 0 bridgehead atoms. The smallest absolute Gasteiger partial charge is 0.182 e. The molecule has 1 N–H and O–H groups in total. The van der Waals surface area contributed by atoms with Crippen LogP contribution >= 0.6 is 0 Å². The van der Waals surface area contributed by atoms with Crippen molar-refractivity contribution in [1.29, 1.82) is 0 Å². The Labute approximate surface area is 147 Å². The van der Waals surface area contributed by atoms with E-state index in [9.17, 15) is 4.79 Å². The number of methoxy groups -OCH3 is 1. The Morgan fingerprint density at radius 1 is 1.12 bits per heavy atom. The number of ether oxygens (including phenoxy) is 1. The van der Waals surface area contributed by atoms with Crippen molar-refractivity contribution in [3.05, 3.63) is 58.9 Å². The van der Waals surface area contributed by atoms with Gasteiger partial charge in [-0.1, -0.05) is 12.1 Å². The summed E-state index contributed by atoms with van der Waals surface area (Å²) < 4.78 is 13.2. The molecule has 0 aliphatic carbocycles. The van der Waals surface area contributed by atoms with Gasteiger partial charge in [-0.25, -0.2) is 4.98 Å². The van der Waals surface area contributed by atoms with Gasteiger partial charge in [-0.3, -0.25) is 9.48 Å². The molecule has 128 valence electrons. The van der Waals surface area contributed by atoms with E-state index in [2.05, 4.69) is 5.10 Å². The van der Waals surface area contributed by atoms with Crippen molar-refractivity contribution in [2.24, 2.45) is 7.05 Å². The second-order valence-electron chi connectivity index (χ2n) is 6.22. The van der Waals surface area contributed by atoms with Crippen molar-refractivity contribution >= 4 is 33.1 Å². The zero-order chi connectivity index (χ0) is 17.8. The first-order chi connectivity index (χ1) is 12.7. The van der Waals surface area contributed by atoms with Gasteiger partial charge >= 0.3 is 0 Å². The number of benzene rings is 2. The number of furan rings is 1. The number of hydrogen-bond donors (Lipinski definition) is 1. The Morgan fingerprint density at radius 2 is 1.92 bits per heavy atom. The Balaban J connectivity index is 1.96. The maximum Gasteiger partial charge on any atom is 0.182 e. The van der Waals surface area contributed by atoms with Crippen molar-refractivity contribution in [2.75, 3.05) is 7.11 Å². The summed E-state index contributed by atoms with van der Waals surface area (Å²) in [5.74, 6) is 0.788. The number of nitrogens with zero attached hydrogens (tertiary/aromatic N) is 2. The topological polar surface area (TPSA) is 73.1 Å². The third-order valence-electron chi connectivity index (χ3n) is 4.69. The largest absolute Gasteiger partial charge is 0.497 e. The van der Waals surface area contributed by atoms with Crippen LogP contribution in [0.3, 0.4) is 0 Å². The number of fused-ring (bicyclic) bond motifs is 4. The van der Waals surface area contributed by atoms with Crippen LogP contribution in [0, 0.1) is 0 Å². The average molecular weight is 345 g/mol. The Hall–Kier alpha value is -3.54. The summed E-state index contributed by atoms with van der Waals surface area (Å²) in [6.07, 6.45) is 1.91. The molecule has 5 rings (SSSR count). The van der Waals surface area contributed by atoms with Gasteiger partial charge in [0.25, 0.3) is 0 Å². The predicted molar refractivity (Wildman–Crippen MR) is 101 cm³/mol. The molecule has 26 heavy (non-hydrogen) atoms. The minimum Gasteiger partial charge on any atom is -0.497 e. The van der Waals surface area contributed by atoms with Crippen molar-refractivity contribution in [3.8, 4) is 16.9 Å². The summed E-state index contributed by atoms with van der Waals surface area (Å²) in [4.78, 5) is 16.5. The zero-order valence-electron chi connectivity index (χ0n) is 14.2. The van der Waals surface area contributed by atoms with E-state index in [4.69, 9.17) is 14.1 Å². The lowest BCUT2D eigenvalue weighted by Crippen LogP contribution is -1.94. The van der Waals surface area contributed by atoms with Gasteiger partial charge in [0.2, 0.25) is 0 Å². The summed E-state index contributed by atoms with van der Waals surface area (Å²) in [5, 5.41) is 4.95. The molecule has 0 fully saturated rings. The molecule has 0 spiro atoms. The van der Waals surface area contributed by atoms with Crippen molar-refractivity contribution in [2.45, 2.75) is 0 Å². The minimum absolute atomic E-state index is 0.0829. The quantitative estimate of drug-likeness (QED) is 0.528. The molecule has 0 atom stereocenters. The molecule has 5 aromatic rings. The van der Waals surface area contributed by atoms with Gasteiger partial charge in [-0.15, -0.1) is 0 Å². The van der Waals surface area contributed by atoms with Crippen LogP contribution in [0.1, 0.15) is 0 Å². The number of H-pyrrole nitrogens is 1. The van der Waals surface area contributed by atoms with E-state index in [1.807, 2.05) is 42.2 Å². The fourth-order valence-corrected chi connectivity index (χ4v) is 3.40. The Bertz CT molecular complexity index is 1340. The second-order valence-corrected chi connectivity index (χ2v) is 6.22. The van der Waals surface area contributed by atoms with Crippen LogP contribution < -0.4 is 10.2 Å². The van der Waals surface area contributed by atoms with E-state index in [1.54, 1.807) is 13.2 Å². The molecule has 0 saturated heterocycles. The number of aryl methyl sites for hydroxylation is 1. The fraction of sp³-hybridized carbons (Fsp3) is 0.100. The maximum atomic E-state index is 11.7. The molecule has 6 heteroatoms.